The number of nitrogens with two attached hydrogens (primary N) is 3. The van der Waals surface area contributed by atoms with Gasteiger partial charge in [-0.3, -0.25) is 4.79 Å². The van der Waals surface area contributed by atoms with Crippen molar-refractivity contribution in [2.45, 2.75) is 26.2 Å². The molecule has 0 fully saturated rings. The Morgan fingerprint density at radius 2 is 1.65 bits per heavy atom. The van der Waals surface area contributed by atoms with E-state index in [1.54, 1.807) is 24.3 Å². The van der Waals surface area contributed by atoms with Crippen LogP contribution in [-0.4, -0.2) is 17.8 Å². The summed E-state index contributed by atoms with van der Waals surface area (Å²) in [4.78, 5) is 20.2. The van der Waals surface area contributed by atoms with Crippen LogP contribution in [0.5, 0.6) is 0 Å². The lowest BCUT2D eigenvalue weighted by Gasteiger charge is -2.19. The van der Waals surface area contributed by atoms with Gasteiger partial charge in [-0.1, -0.05) is 39.0 Å². The van der Waals surface area contributed by atoms with Gasteiger partial charge in [0.25, 0.3) is 5.91 Å². The highest BCUT2D eigenvalue weighted by Crippen LogP contribution is 2.23. The van der Waals surface area contributed by atoms with E-state index >= 15 is 0 Å². The Labute approximate surface area is 153 Å². The van der Waals surface area contributed by atoms with Crippen molar-refractivity contribution in [1.29, 1.82) is 0 Å². The van der Waals surface area contributed by atoms with Crippen molar-refractivity contribution in [1.82, 2.24) is 0 Å². The molecular weight excluding hydrogens is 328 g/mol. The number of nitrogens with one attached hydrogen (secondary N) is 1. The van der Waals surface area contributed by atoms with Gasteiger partial charge >= 0.3 is 0 Å². The molecular formula is C19H24N6O. The molecule has 2 aromatic rings. The molecule has 2 aromatic carbocycles. The molecule has 7 heteroatoms. The first-order valence-electron chi connectivity index (χ1n) is 8.11. The summed E-state index contributed by atoms with van der Waals surface area (Å²) in [6, 6.07) is 14.5. The fraction of sp³-hybridized carbons (Fsp3) is 0.211. The minimum atomic E-state index is -0.205. The zero-order valence-corrected chi connectivity index (χ0v) is 15.2. The van der Waals surface area contributed by atoms with Gasteiger partial charge in [0.05, 0.1) is 5.69 Å². The van der Waals surface area contributed by atoms with Crippen molar-refractivity contribution in [2.75, 3.05) is 5.32 Å². The Morgan fingerprint density at radius 3 is 2.23 bits per heavy atom. The first kappa shape index (κ1) is 19.0. The standard InChI is InChI=1S/C19H24N6O/c1-19(2,3)13-9-7-12(8-10-13)16(26)23-14-5-4-6-15(11-14)24-18(22)25-17(20)21/h4-11H,1-3H3,(H,23,26)(H6,20,21,22,24,25). The van der Waals surface area contributed by atoms with Gasteiger partial charge in [0.1, 0.15) is 0 Å². The number of anilines is 1. The molecule has 0 aliphatic carbocycles. The van der Waals surface area contributed by atoms with Gasteiger partial charge in [0.2, 0.25) is 5.96 Å². The van der Waals surface area contributed by atoms with E-state index in [1.165, 1.54) is 5.56 Å². The molecule has 0 bridgehead atoms. The number of carbonyl (C=O) groups excluding carboxylic acids is 1. The van der Waals surface area contributed by atoms with Gasteiger partial charge in [-0.05, 0) is 41.3 Å². The van der Waals surface area contributed by atoms with Crippen LogP contribution >= 0.6 is 0 Å². The number of guanidine groups is 2. The molecule has 136 valence electrons. The van der Waals surface area contributed by atoms with Crippen molar-refractivity contribution >= 4 is 29.2 Å². The summed E-state index contributed by atoms with van der Waals surface area (Å²) in [6.45, 7) is 6.38. The molecule has 0 aliphatic heterocycles. The number of hydrogen-bond donors (Lipinski definition) is 4. The molecule has 2 rings (SSSR count). The second-order valence-electron chi connectivity index (χ2n) is 6.84. The fourth-order valence-corrected chi connectivity index (χ4v) is 2.27. The number of rotatable bonds is 3. The van der Waals surface area contributed by atoms with Crippen LogP contribution in [-0.2, 0) is 5.41 Å². The van der Waals surface area contributed by atoms with Gasteiger partial charge in [-0.25, -0.2) is 4.99 Å². The van der Waals surface area contributed by atoms with E-state index in [9.17, 15) is 4.79 Å². The molecule has 0 saturated heterocycles. The number of hydrogen-bond acceptors (Lipinski definition) is 2. The molecule has 0 radical (unpaired) electrons. The van der Waals surface area contributed by atoms with Crippen LogP contribution in [0.3, 0.4) is 0 Å². The lowest BCUT2D eigenvalue weighted by molar-refractivity contribution is 0.102. The molecule has 7 N–H and O–H groups in total. The highest BCUT2D eigenvalue weighted by atomic mass is 16.1. The fourth-order valence-electron chi connectivity index (χ4n) is 2.27. The first-order valence-corrected chi connectivity index (χ1v) is 8.11. The summed E-state index contributed by atoms with van der Waals surface area (Å²) in [5.74, 6) is -0.440. The van der Waals surface area contributed by atoms with E-state index in [4.69, 9.17) is 17.2 Å². The maximum Gasteiger partial charge on any atom is 0.255 e. The first-order chi connectivity index (χ1) is 12.1. The van der Waals surface area contributed by atoms with Crippen molar-refractivity contribution in [2.24, 2.45) is 27.2 Å². The van der Waals surface area contributed by atoms with E-state index in [2.05, 4.69) is 36.1 Å². The summed E-state index contributed by atoms with van der Waals surface area (Å²) in [6.07, 6.45) is 0. The Hall–Kier alpha value is -3.35. The predicted molar refractivity (Wildman–Crippen MR) is 107 cm³/mol. The normalized spacial score (nSPS) is 11.7. The monoisotopic (exact) mass is 352 g/mol. The highest BCUT2D eigenvalue weighted by molar-refractivity contribution is 6.04. The summed E-state index contributed by atoms with van der Waals surface area (Å²) < 4.78 is 0. The lowest BCUT2D eigenvalue weighted by Crippen LogP contribution is -2.26. The van der Waals surface area contributed by atoms with Crippen LogP contribution in [0, 0.1) is 0 Å². The Kier molecular flexibility index (Phi) is 5.61. The Bertz CT molecular complexity index is 843. The number of benzene rings is 2. The van der Waals surface area contributed by atoms with Crippen LogP contribution < -0.4 is 22.5 Å². The van der Waals surface area contributed by atoms with Crippen molar-refractivity contribution in [3.8, 4) is 0 Å². The maximum absolute atomic E-state index is 12.4. The van der Waals surface area contributed by atoms with E-state index < -0.39 is 0 Å². The Morgan fingerprint density at radius 1 is 1.00 bits per heavy atom. The molecule has 0 aromatic heterocycles. The van der Waals surface area contributed by atoms with Gasteiger partial charge in [0, 0.05) is 11.3 Å². The number of carbonyl (C=O) groups is 1. The van der Waals surface area contributed by atoms with Crippen molar-refractivity contribution in [3.05, 3.63) is 59.7 Å². The zero-order valence-electron chi connectivity index (χ0n) is 15.2. The average Bonchev–Trinajstić information content (AvgIpc) is 2.53. The molecule has 0 spiro atoms. The second kappa shape index (κ2) is 7.69. The third-order valence-electron chi connectivity index (χ3n) is 3.60. The predicted octanol–water partition coefficient (Wildman–Crippen LogP) is 2.46. The van der Waals surface area contributed by atoms with Gasteiger partial charge in [-0.15, -0.1) is 0 Å². The average molecular weight is 352 g/mol. The minimum absolute atomic E-state index is 0.0384. The van der Waals surface area contributed by atoms with Gasteiger partial charge < -0.3 is 22.5 Å². The molecule has 1 amide bonds. The van der Waals surface area contributed by atoms with Gasteiger partial charge in [0.15, 0.2) is 5.96 Å². The largest absolute Gasteiger partial charge is 0.370 e. The highest BCUT2D eigenvalue weighted by Gasteiger charge is 2.14. The summed E-state index contributed by atoms with van der Waals surface area (Å²) >= 11 is 0. The zero-order chi connectivity index (χ0) is 19.3. The topological polar surface area (TPSA) is 132 Å². The van der Waals surface area contributed by atoms with Crippen LogP contribution in [0.4, 0.5) is 11.4 Å². The van der Waals surface area contributed by atoms with E-state index in [0.717, 1.165) is 0 Å². The molecule has 0 heterocycles. The van der Waals surface area contributed by atoms with E-state index in [0.29, 0.717) is 16.9 Å². The Balaban J connectivity index is 2.15. The second-order valence-corrected chi connectivity index (χ2v) is 6.84. The molecule has 0 atom stereocenters. The number of aliphatic imine (C=N–C) groups is 2. The molecule has 0 unspecified atom stereocenters. The van der Waals surface area contributed by atoms with Crippen LogP contribution in [0.15, 0.2) is 58.5 Å². The smallest absolute Gasteiger partial charge is 0.255 e. The van der Waals surface area contributed by atoms with Crippen LogP contribution in [0.2, 0.25) is 0 Å². The van der Waals surface area contributed by atoms with Crippen molar-refractivity contribution in [3.63, 3.8) is 0 Å². The summed E-state index contributed by atoms with van der Waals surface area (Å²) in [7, 11) is 0. The van der Waals surface area contributed by atoms with Gasteiger partial charge in [-0.2, -0.15) is 4.99 Å². The minimum Gasteiger partial charge on any atom is -0.370 e. The van der Waals surface area contributed by atoms with Crippen LogP contribution in [0.1, 0.15) is 36.7 Å². The van der Waals surface area contributed by atoms with E-state index in [1.807, 2.05) is 24.3 Å². The summed E-state index contributed by atoms with van der Waals surface area (Å²) in [5, 5.41) is 2.84. The number of amides is 1. The molecule has 0 aliphatic rings. The maximum atomic E-state index is 12.4. The molecule has 7 nitrogen and oxygen atoms in total. The summed E-state index contributed by atoms with van der Waals surface area (Å²) in [5.41, 5.74) is 19.0. The van der Waals surface area contributed by atoms with E-state index in [-0.39, 0.29) is 23.2 Å². The lowest BCUT2D eigenvalue weighted by atomic mass is 9.87. The third-order valence-corrected chi connectivity index (χ3v) is 3.60. The van der Waals surface area contributed by atoms with Crippen LogP contribution in [0.25, 0.3) is 0 Å². The SMILES string of the molecule is CC(C)(C)c1ccc(C(=O)Nc2cccc(N=C(N)N=C(N)N)c2)cc1. The molecule has 26 heavy (non-hydrogen) atoms. The van der Waals surface area contributed by atoms with Crippen molar-refractivity contribution < 1.29 is 4.79 Å². The quantitative estimate of drug-likeness (QED) is 0.499. The third kappa shape index (κ3) is 5.34. The number of nitrogens with zero attached hydrogens (tertiary/aromatic N) is 2. The molecule has 0 saturated carbocycles.